The fourth-order valence-electron chi connectivity index (χ4n) is 0.154. The number of thiol groups is 1. The minimum absolute atomic E-state index is 0.263. The average Bonchev–Trinajstić information content (AvgIpc) is 1.60. The monoisotopic (exact) mass is 189 g/mol. The maximum atomic E-state index is 10.4. The summed E-state index contributed by atoms with van der Waals surface area (Å²) in [6.45, 7) is 0. The van der Waals surface area contributed by atoms with Crippen molar-refractivity contribution in [3.8, 4) is 0 Å². The van der Waals surface area contributed by atoms with Crippen LogP contribution in [0.15, 0.2) is 0 Å². The maximum absolute atomic E-state index is 10.4. The van der Waals surface area contributed by atoms with E-state index in [0.717, 1.165) is 13.3 Å². The Morgan fingerprint density at radius 1 is 1.40 bits per heavy atom. The highest BCUT2D eigenvalue weighted by Gasteiger charge is 2.11. The standard InChI is InChI=1S/C2H7NO5S2/c1-3(8-9(4)5)10(2,6)7/h9H,1-2H3. The molecule has 0 rings (SSSR count). The van der Waals surface area contributed by atoms with Gasteiger partial charge >= 0.3 is 0 Å². The Morgan fingerprint density at radius 2 is 1.80 bits per heavy atom. The lowest BCUT2D eigenvalue weighted by Gasteiger charge is -2.06. The summed E-state index contributed by atoms with van der Waals surface area (Å²) >= 11 is 0. The molecule has 0 heterocycles. The highest BCUT2D eigenvalue weighted by Crippen LogP contribution is 1.92. The molecule has 0 atom stereocenters. The van der Waals surface area contributed by atoms with Crippen molar-refractivity contribution in [3.63, 3.8) is 0 Å². The van der Waals surface area contributed by atoms with Crippen LogP contribution in [0.4, 0.5) is 0 Å². The number of hydroxylamine groups is 1. The van der Waals surface area contributed by atoms with E-state index >= 15 is 0 Å². The predicted molar refractivity (Wildman–Crippen MR) is 34.0 cm³/mol. The lowest BCUT2D eigenvalue weighted by Crippen LogP contribution is -2.25. The second kappa shape index (κ2) is 3.28. The first kappa shape index (κ1) is 9.82. The topological polar surface area (TPSA) is 80.8 Å². The smallest absolute Gasteiger partial charge is 0.210 e. The summed E-state index contributed by atoms with van der Waals surface area (Å²) < 4.78 is 44.4. The van der Waals surface area contributed by atoms with Gasteiger partial charge in [0.25, 0.3) is 11.0 Å². The van der Waals surface area contributed by atoms with Crippen molar-refractivity contribution in [2.24, 2.45) is 0 Å². The number of nitrogens with zero attached hydrogens (tertiary/aromatic N) is 1. The molecule has 8 heteroatoms. The minimum atomic E-state index is -3.57. The lowest BCUT2D eigenvalue weighted by molar-refractivity contribution is 0.0818. The average molecular weight is 189 g/mol. The summed E-state index contributed by atoms with van der Waals surface area (Å²) in [5.74, 6) is 0. The zero-order chi connectivity index (χ0) is 8.36. The molecule has 62 valence electrons. The van der Waals surface area contributed by atoms with Gasteiger partial charge in [0.05, 0.1) is 6.26 Å². The summed E-state index contributed by atoms with van der Waals surface area (Å²) in [7, 11) is -5.74. The van der Waals surface area contributed by atoms with E-state index in [-0.39, 0.29) is 4.47 Å². The largest absolute Gasteiger partial charge is 0.274 e. The van der Waals surface area contributed by atoms with E-state index in [0.29, 0.717) is 0 Å². The fourth-order valence-corrected chi connectivity index (χ4v) is 0.990. The van der Waals surface area contributed by atoms with E-state index < -0.39 is 21.0 Å². The molecule has 0 bridgehead atoms. The van der Waals surface area contributed by atoms with E-state index in [1.54, 1.807) is 0 Å². The van der Waals surface area contributed by atoms with Crippen molar-refractivity contribution in [2.75, 3.05) is 13.3 Å². The Kier molecular flexibility index (Phi) is 3.22. The van der Waals surface area contributed by atoms with E-state index in [1.807, 2.05) is 0 Å². The zero-order valence-electron chi connectivity index (χ0n) is 5.34. The minimum Gasteiger partial charge on any atom is -0.210 e. The summed E-state index contributed by atoms with van der Waals surface area (Å²) in [6, 6.07) is 0. The summed E-state index contributed by atoms with van der Waals surface area (Å²) in [5, 5.41) is 0. The SMILES string of the molecule is CN(O[SH](=O)=O)S(C)(=O)=O. The molecule has 0 spiro atoms. The molecule has 0 aromatic rings. The van der Waals surface area contributed by atoms with Gasteiger partial charge in [-0.05, 0) is 0 Å². The van der Waals surface area contributed by atoms with Gasteiger partial charge in [0.2, 0.25) is 10.0 Å². The van der Waals surface area contributed by atoms with Gasteiger partial charge < -0.3 is 0 Å². The predicted octanol–water partition coefficient (Wildman–Crippen LogP) is -1.66. The molecule has 0 saturated heterocycles. The number of hydrogen-bond acceptors (Lipinski definition) is 5. The van der Waals surface area contributed by atoms with Crippen LogP contribution in [0.1, 0.15) is 0 Å². The van der Waals surface area contributed by atoms with E-state index in [9.17, 15) is 16.8 Å². The Morgan fingerprint density at radius 3 is 1.90 bits per heavy atom. The Balaban J connectivity index is 4.26. The lowest BCUT2D eigenvalue weighted by atomic mass is 11.6. The van der Waals surface area contributed by atoms with E-state index in [1.165, 1.54) is 0 Å². The van der Waals surface area contributed by atoms with E-state index in [4.69, 9.17) is 0 Å². The molecule has 0 saturated carbocycles. The van der Waals surface area contributed by atoms with Crippen molar-refractivity contribution in [2.45, 2.75) is 0 Å². The van der Waals surface area contributed by atoms with Crippen LogP contribution in [0.3, 0.4) is 0 Å². The second-order valence-electron chi connectivity index (χ2n) is 1.48. The Bertz CT molecular complexity index is 255. The highest BCUT2D eigenvalue weighted by atomic mass is 32.2. The molecule has 0 radical (unpaired) electrons. The van der Waals surface area contributed by atoms with Crippen molar-refractivity contribution in [3.05, 3.63) is 0 Å². The third-order valence-electron chi connectivity index (χ3n) is 0.649. The first-order valence-corrected chi connectivity index (χ1v) is 5.05. The van der Waals surface area contributed by atoms with Gasteiger partial charge in [0, 0.05) is 7.05 Å². The number of sulfonamides is 1. The highest BCUT2D eigenvalue weighted by molar-refractivity contribution is 7.88. The van der Waals surface area contributed by atoms with Gasteiger partial charge in [-0.25, -0.2) is 16.8 Å². The molecule has 0 aliphatic carbocycles. The molecule has 0 aliphatic heterocycles. The van der Waals surface area contributed by atoms with Crippen LogP contribution in [-0.2, 0) is 25.3 Å². The molecule has 10 heavy (non-hydrogen) atoms. The first-order chi connectivity index (χ1) is 4.34. The maximum Gasteiger partial charge on any atom is 0.274 e. The van der Waals surface area contributed by atoms with Gasteiger partial charge in [0.15, 0.2) is 0 Å². The van der Waals surface area contributed by atoms with Gasteiger partial charge in [-0.3, -0.25) is 0 Å². The molecule has 0 aromatic heterocycles. The number of hydrogen-bond donors (Lipinski definition) is 1. The molecule has 6 nitrogen and oxygen atoms in total. The molecule has 0 amide bonds. The van der Waals surface area contributed by atoms with Gasteiger partial charge in [0.1, 0.15) is 0 Å². The van der Waals surface area contributed by atoms with Gasteiger partial charge in [-0.2, -0.15) is 4.28 Å². The van der Waals surface area contributed by atoms with Gasteiger partial charge in [-0.15, -0.1) is 0 Å². The van der Waals surface area contributed by atoms with Crippen LogP contribution in [-0.4, -0.2) is 34.6 Å². The van der Waals surface area contributed by atoms with Crippen molar-refractivity contribution in [1.82, 2.24) is 4.47 Å². The first-order valence-electron chi connectivity index (χ1n) is 2.10. The molecule has 0 aliphatic rings. The van der Waals surface area contributed by atoms with E-state index in [2.05, 4.69) is 4.28 Å². The van der Waals surface area contributed by atoms with Crippen LogP contribution >= 0.6 is 0 Å². The fraction of sp³-hybridized carbons (Fsp3) is 1.00. The Hall–Kier alpha value is -0.180. The Labute approximate surface area is 60.6 Å². The van der Waals surface area contributed by atoms with Crippen LogP contribution < -0.4 is 0 Å². The van der Waals surface area contributed by atoms with Crippen molar-refractivity contribution in [1.29, 1.82) is 0 Å². The van der Waals surface area contributed by atoms with Crippen molar-refractivity contribution >= 4 is 21.0 Å². The second-order valence-corrected chi connectivity index (χ2v) is 4.07. The molecular formula is C2H7NO5S2. The van der Waals surface area contributed by atoms with Crippen LogP contribution in [0.2, 0.25) is 0 Å². The van der Waals surface area contributed by atoms with Gasteiger partial charge in [-0.1, -0.05) is 4.47 Å². The van der Waals surface area contributed by atoms with Crippen LogP contribution in [0, 0.1) is 0 Å². The summed E-state index contributed by atoms with van der Waals surface area (Å²) in [5.41, 5.74) is 0. The summed E-state index contributed by atoms with van der Waals surface area (Å²) in [6.07, 6.45) is 0.825. The summed E-state index contributed by atoms with van der Waals surface area (Å²) in [4.78, 5) is 0. The molecule has 0 N–H and O–H groups in total. The third kappa shape index (κ3) is 3.77. The van der Waals surface area contributed by atoms with Crippen LogP contribution in [0.5, 0.6) is 0 Å². The van der Waals surface area contributed by atoms with Crippen molar-refractivity contribution < 1.29 is 21.1 Å². The molecular weight excluding hydrogens is 182 g/mol. The number of rotatable bonds is 3. The molecule has 0 fully saturated rings. The quantitative estimate of drug-likeness (QED) is 0.424. The van der Waals surface area contributed by atoms with Crippen LogP contribution in [0.25, 0.3) is 0 Å². The third-order valence-corrected chi connectivity index (χ3v) is 2.15. The zero-order valence-corrected chi connectivity index (χ0v) is 7.05. The molecule has 0 aromatic carbocycles. The molecule has 0 unspecified atom stereocenters. The normalized spacial score (nSPS) is 12.8.